The van der Waals surface area contributed by atoms with Crippen molar-refractivity contribution in [3.63, 3.8) is 0 Å². The maximum atomic E-state index is 13.2. The molecule has 0 heterocycles. The summed E-state index contributed by atoms with van der Waals surface area (Å²) in [6.45, 7) is 5.25. The summed E-state index contributed by atoms with van der Waals surface area (Å²) >= 11 is 0. The van der Waals surface area contributed by atoms with Gasteiger partial charge in [0.05, 0.1) is 29.1 Å². The second-order valence-corrected chi connectivity index (χ2v) is 9.20. The van der Waals surface area contributed by atoms with E-state index >= 15 is 0 Å². The van der Waals surface area contributed by atoms with Gasteiger partial charge in [-0.15, -0.1) is 0 Å². The molecule has 34 heavy (non-hydrogen) atoms. The number of hydrogen-bond acceptors (Lipinski definition) is 8. The molecule has 0 saturated heterocycles. The van der Waals surface area contributed by atoms with Crippen LogP contribution < -0.4 is 14.9 Å². The van der Waals surface area contributed by atoms with Crippen molar-refractivity contribution in [2.24, 2.45) is 5.10 Å². The molecule has 10 nitrogen and oxygen atoms in total. The highest BCUT2D eigenvalue weighted by Gasteiger charge is 2.23. The van der Waals surface area contributed by atoms with Gasteiger partial charge >= 0.3 is 0 Å². The number of nitrogens with zero attached hydrogens (tertiary/aromatic N) is 2. The first kappa shape index (κ1) is 24.5. The first-order valence-corrected chi connectivity index (χ1v) is 11.6. The Bertz CT molecular complexity index is 1390. The summed E-state index contributed by atoms with van der Waals surface area (Å²) in [5.41, 5.74) is 5.05. The summed E-state index contributed by atoms with van der Waals surface area (Å²) in [4.78, 5) is 10.3. The third kappa shape index (κ3) is 5.44. The molecule has 0 aliphatic rings. The number of anilines is 2. The van der Waals surface area contributed by atoms with Gasteiger partial charge in [0, 0.05) is 23.8 Å². The topological polar surface area (TPSA) is 143 Å². The highest BCUT2D eigenvalue weighted by atomic mass is 32.2. The summed E-state index contributed by atoms with van der Waals surface area (Å²) in [5, 5.41) is 25.7. The van der Waals surface area contributed by atoms with Crippen LogP contribution in [0.3, 0.4) is 0 Å². The number of aromatic hydroxyl groups is 1. The monoisotopic (exact) mass is 484 g/mol. The number of aryl methyl sites for hydroxylation is 2. The van der Waals surface area contributed by atoms with E-state index in [0.717, 1.165) is 11.6 Å². The van der Waals surface area contributed by atoms with Gasteiger partial charge in [-0.25, -0.2) is 8.42 Å². The minimum Gasteiger partial charge on any atom is -0.507 e. The van der Waals surface area contributed by atoms with Gasteiger partial charge in [0.2, 0.25) is 0 Å². The first-order valence-electron chi connectivity index (χ1n) is 10.1. The molecule has 11 heteroatoms. The number of hydrazone groups is 1. The lowest BCUT2D eigenvalue weighted by atomic mass is 10.1. The van der Waals surface area contributed by atoms with Crippen LogP contribution in [0.1, 0.15) is 23.6 Å². The number of hydrogen-bond donors (Lipinski definition) is 3. The minimum absolute atomic E-state index is 0.0233. The number of nitro groups is 1. The zero-order valence-electron chi connectivity index (χ0n) is 19.0. The lowest BCUT2D eigenvalue weighted by Gasteiger charge is -2.14. The zero-order chi connectivity index (χ0) is 25.0. The summed E-state index contributed by atoms with van der Waals surface area (Å²) in [7, 11) is -2.75. The lowest BCUT2D eigenvalue weighted by Crippen LogP contribution is -2.16. The second-order valence-electron chi connectivity index (χ2n) is 7.55. The van der Waals surface area contributed by atoms with E-state index < -0.39 is 14.9 Å². The van der Waals surface area contributed by atoms with Gasteiger partial charge in [0.1, 0.15) is 16.4 Å². The van der Waals surface area contributed by atoms with Gasteiger partial charge in [-0.05, 0) is 50.6 Å². The van der Waals surface area contributed by atoms with Crippen molar-refractivity contribution < 1.29 is 23.2 Å². The quantitative estimate of drug-likeness (QED) is 0.241. The van der Waals surface area contributed by atoms with E-state index in [1.807, 2.05) is 13.0 Å². The average molecular weight is 485 g/mol. The summed E-state index contributed by atoms with van der Waals surface area (Å²) in [6, 6.07) is 13.3. The predicted octanol–water partition coefficient (Wildman–Crippen LogP) is 4.56. The second kappa shape index (κ2) is 9.79. The van der Waals surface area contributed by atoms with Gasteiger partial charge in [-0.3, -0.25) is 20.3 Å². The van der Waals surface area contributed by atoms with Crippen molar-refractivity contribution in [1.29, 1.82) is 0 Å². The standard InChI is InChI=1S/C23H24N4O6S/c1-14-5-9-20(15(2)11-14)26-34(31,32)23-12-17(27(29)30)6-10-21(23)25-24-16(3)19-8-7-18(33-4)13-22(19)28/h5-13,25-26,28H,1-4H3. The van der Waals surface area contributed by atoms with Gasteiger partial charge in [0.15, 0.2) is 0 Å². The Labute approximate surface area is 197 Å². The van der Waals surface area contributed by atoms with Crippen LogP contribution >= 0.6 is 0 Å². The van der Waals surface area contributed by atoms with Gasteiger partial charge in [0.25, 0.3) is 15.7 Å². The Kier molecular flexibility index (Phi) is 7.06. The number of ether oxygens (including phenoxy) is 1. The number of rotatable bonds is 8. The Balaban J connectivity index is 2.00. The van der Waals surface area contributed by atoms with Gasteiger partial charge in [-0.1, -0.05) is 17.7 Å². The number of benzene rings is 3. The fourth-order valence-corrected chi connectivity index (χ4v) is 4.52. The minimum atomic E-state index is -4.22. The molecule has 3 N–H and O–H groups in total. The van der Waals surface area contributed by atoms with E-state index in [1.165, 1.54) is 25.3 Å². The molecule has 0 bridgehead atoms. The molecule has 178 valence electrons. The normalized spacial score (nSPS) is 11.7. The smallest absolute Gasteiger partial charge is 0.270 e. The summed E-state index contributed by atoms with van der Waals surface area (Å²) in [5.74, 6) is 0.388. The Morgan fingerprint density at radius 2 is 1.76 bits per heavy atom. The maximum absolute atomic E-state index is 13.2. The molecule has 0 saturated carbocycles. The van der Waals surface area contributed by atoms with Crippen molar-refractivity contribution in [3.05, 3.63) is 81.4 Å². The average Bonchev–Trinajstić information content (AvgIpc) is 2.79. The highest BCUT2D eigenvalue weighted by Crippen LogP contribution is 2.30. The fourth-order valence-electron chi connectivity index (χ4n) is 3.22. The molecule has 0 radical (unpaired) electrons. The molecular weight excluding hydrogens is 460 g/mol. The molecule has 0 amide bonds. The van der Waals surface area contributed by atoms with Crippen molar-refractivity contribution >= 4 is 32.8 Å². The summed E-state index contributed by atoms with van der Waals surface area (Å²) in [6.07, 6.45) is 0. The Morgan fingerprint density at radius 1 is 1.06 bits per heavy atom. The Hall–Kier alpha value is -4.12. The number of methoxy groups -OCH3 is 1. The first-order chi connectivity index (χ1) is 16.0. The predicted molar refractivity (Wildman–Crippen MR) is 130 cm³/mol. The van der Waals surface area contributed by atoms with E-state index in [2.05, 4.69) is 15.2 Å². The SMILES string of the molecule is COc1ccc(C(C)=NNc2ccc([N+](=O)[O-])cc2S(=O)(=O)Nc2ccc(C)cc2C)c(O)c1. The largest absolute Gasteiger partial charge is 0.507 e. The van der Waals surface area contributed by atoms with Crippen LogP contribution in [0.15, 0.2) is 64.6 Å². The molecule has 0 unspecified atom stereocenters. The van der Waals surface area contributed by atoms with Crippen LogP contribution in [0.2, 0.25) is 0 Å². The van der Waals surface area contributed by atoms with Gasteiger partial charge < -0.3 is 9.84 Å². The number of nitro benzene ring substituents is 1. The van der Waals surface area contributed by atoms with Crippen LogP contribution in [-0.4, -0.2) is 31.3 Å². The van der Waals surface area contributed by atoms with Crippen LogP contribution in [0, 0.1) is 24.0 Å². The van der Waals surface area contributed by atoms with Crippen molar-refractivity contribution in [1.82, 2.24) is 0 Å². The molecule has 0 aliphatic heterocycles. The van der Waals surface area contributed by atoms with Crippen LogP contribution in [0.5, 0.6) is 11.5 Å². The van der Waals surface area contributed by atoms with E-state index in [4.69, 9.17) is 4.74 Å². The van der Waals surface area contributed by atoms with Crippen molar-refractivity contribution in [3.8, 4) is 11.5 Å². The lowest BCUT2D eigenvalue weighted by molar-refractivity contribution is -0.385. The maximum Gasteiger partial charge on any atom is 0.270 e. The molecule has 0 aromatic heterocycles. The van der Waals surface area contributed by atoms with E-state index in [9.17, 15) is 23.6 Å². The zero-order valence-corrected chi connectivity index (χ0v) is 19.8. The summed E-state index contributed by atoms with van der Waals surface area (Å²) < 4.78 is 33.9. The third-order valence-corrected chi connectivity index (χ3v) is 6.44. The van der Waals surface area contributed by atoms with E-state index in [1.54, 1.807) is 38.1 Å². The molecule has 0 spiro atoms. The van der Waals surface area contributed by atoms with Crippen molar-refractivity contribution in [2.75, 3.05) is 17.3 Å². The fraction of sp³-hybridized carbons (Fsp3) is 0.174. The molecule has 3 aromatic carbocycles. The molecule has 0 atom stereocenters. The molecule has 3 aromatic rings. The number of phenolic OH excluding ortho intramolecular Hbond substituents is 1. The number of nitrogens with one attached hydrogen (secondary N) is 2. The highest BCUT2D eigenvalue weighted by molar-refractivity contribution is 7.92. The molecule has 3 rings (SSSR count). The molecule has 0 aliphatic carbocycles. The number of non-ortho nitro benzene ring substituents is 1. The van der Waals surface area contributed by atoms with E-state index in [-0.39, 0.29) is 22.0 Å². The molecular formula is C23H24N4O6S. The van der Waals surface area contributed by atoms with Crippen molar-refractivity contribution in [2.45, 2.75) is 25.7 Å². The Morgan fingerprint density at radius 3 is 2.38 bits per heavy atom. The number of phenols is 1. The third-order valence-electron chi connectivity index (χ3n) is 5.03. The molecule has 0 fully saturated rings. The number of sulfonamides is 1. The van der Waals surface area contributed by atoms with Crippen LogP contribution in [0.4, 0.5) is 17.1 Å². The van der Waals surface area contributed by atoms with Gasteiger partial charge in [-0.2, -0.15) is 5.10 Å². The van der Waals surface area contributed by atoms with E-state index in [0.29, 0.717) is 28.3 Å². The van der Waals surface area contributed by atoms with Crippen LogP contribution in [0.25, 0.3) is 0 Å². The van der Waals surface area contributed by atoms with Crippen LogP contribution in [-0.2, 0) is 10.0 Å².